The summed E-state index contributed by atoms with van der Waals surface area (Å²) in [5, 5.41) is 0. The van der Waals surface area contributed by atoms with Gasteiger partial charge in [0.25, 0.3) is 0 Å². The second kappa shape index (κ2) is 3.48. The molecule has 1 fully saturated rings. The number of fused-ring (bicyclic) bond motifs is 1. The molecule has 0 N–H and O–H groups in total. The lowest BCUT2D eigenvalue weighted by atomic mass is 10.1. The predicted molar refractivity (Wildman–Crippen MR) is 67.9 cm³/mol. The molecule has 1 amide bonds. The molecule has 3 nitrogen and oxygen atoms in total. The first-order valence-electron chi connectivity index (χ1n) is 5.49. The van der Waals surface area contributed by atoms with Crippen molar-refractivity contribution in [2.45, 2.75) is 18.9 Å². The van der Waals surface area contributed by atoms with Crippen LogP contribution < -0.4 is 9.80 Å². The van der Waals surface area contributed by atoms with Gasteiger partial charge in [0.05, 0.1) is 17.9 Å². The summed E-state index contributed by atoms with van der Waals surface area (Å²) in [5.74, 6) is 0.182. The van der Waals surface area contributed by atoms with Crippen molar-refractivity contribution >= 4 is 33.2 Å². The van der Waals surface area contributed by atoms with Gasteiger partial charge in [-0.05, 0) is 31.0 Å². The Balaban J connectivity index is 2.10. The highest BCUT2D eigenvalue weighted by Gasteiger charge is 2.36. The van der Waals surface area contributed by atoms with Crippen LogP contribution in [0, 0.1) is 0 Å². The Morgan fingerprint density at radius 2 is 2.06 bits per heavy atom. The van der Waals surface area contributed by atoms with Crippen LogP contribution in [0.5, 0.6) is 0 Å². The summed E-state index contributed by atoms with van der Waals surface area (Å²) in [4.78, 5) is 15.8. The van der Waals surface area contributed by atoms with Gasteiger partial charge in [0.15, 0.2) is 0 Å². The quantitative estimate of drug-likeness (QED) is 0.789. The first kappa shape index (κ1) is 10.1. The minimum atomic E-state index is 0.182. The Kier molecular flexibility index (Phi) is 2.21. The minimum Gasteiger partial charge on any atom is -0.357 e. The van der Waals surface area contributed by atoms with E-state index in [1.807, 2.05) is 19.2 Å². The lowest BCUT2D eigenvalue weighted by Gasteiger charge is -2.35. The van der Waals surface area contributed by atoms with E-state index in [1.165, 1.54) is 18.5 Å². The number of amides is 1. The second-order valence-corrected chi connectivity index (χ2v) is 5.36. The first-order chi connectivity index (χ1) is 7.66. The highest BCUT2D eigenvalue weighted by molar-refractivity contribution is 9.10. The van der Waals surface area contributed by atoms with Crippen molar-refractivity contribution in [3.05, 3.63) is 22.7 Å². The summed E-state index contributed by atoms with van der Waals surface area (Å²) in [6.07, 6.45) is 2.42. The van der Waals surface area contributed by atoms with E-state index in [0.29, 0.717) is 12.6 Å². The fourth-order valence-electron chi connectivity index (χ4n) is 2.19. The molecule has 84 valence electrons. The fourth-order valence-corrected chi connectivity index (χ4v) is 2.54. The third-order valence-electron chi connectivity index (χ3n) is 3.28. The molecule has 4 heteroatoms. The maximum Gasteiger partial charge on any atom is 0.246 e. The van der Waals surface area contributed by atoms with E-state index in [4.69, 9.17) is 0 Å². The number of nitrogens with zero attached hydrogens (tertiary/aromatic N) is 2. The maximum absolute atomic E-state index is 11.9. The Morgan fingerprint density at radius 3 is 2.75 bits per heavy atom. The number of carbonyl (C=O) groups is 1. The fraction of sp³-hybridized carbons (Fsp3) is 0.417. The molecule has 3 rings (SSSR count). The van der Waals surface area contributed by atoms with Crippen LogP contribution in [0.3, 0.4) is 0 Å². The van der Waals surface area contributed by atoms with Gasteiger partial charge in [0.1, 0.15) is 0 Å². The van der Waals surface area contributed by atoms with E-state index in [1.54, 1.807) is 4.90 Å². The molecule has 1 aliphatic carbocycles. The topological polar surface area (TPSA) is 23.6 Å². The summed E-state index contributed by atoms with van der Waals surface area (Å²) in [5.41, 5.74) is 2.20. The van der Waals surface area contributed by atoms with Crippen molar-refractivity contribution in [2.75, 3.05) is 23.4 Å². The zero-order valence-corrected chi connectivity index (χ0v) is 10.7. The number of halogens is 1. The van der Waals surface area contributed by atoms with Gasteiger partial charge in [-0.1, -0.05) is 15.9 Å². The molecular weight excluding hydrogens is 268 g/mol. The summed E-state index contributed by atoms with van der Waals surface area (Å²) >= 11 is 3.49. The van der Waals surface area contributed by atoms with Gasteiger partial charge in [-0.15, -0.1) is 0 Å². The number of anilines is 2. The monoisotopic (exact) mass is 280 g/mol. The first-order valence-corrected chi connectivity index (χ1v) is 6.29. The average Bonchev–Trinajstić information content (AvgIpc) is 3.07. The largest absolute Gasteiger partial charge is 0.357 e. The van der Waals surface area contributed by atoms with Crippen LogP contribution in [0.4, 0.5) is 11.4 Å². The van der Waals surface area contributed by atoms with Gasteiger partial charge in [-0.25, -0.2) is 0 Å². The van der Waals surface area contributed by atoms with Crippen molar-refractivity contribution in [3.8, 4) is 0 Å². The van der Waals surface area contributed by atoms with E-state index in [9.17, 15) is 4.79 Å². The van der Waals surface area contributed by atoms with Gasteiger partial charge in [-0.2, -0.15) is 0 Å². The van der Waals surface area contributed by atoms with Gasteiger partial charge < -0.3 is 9.80 Å². The Labute approximate surface area is 103 Å². The number of hydrogen-bond acceptors (Lipinski definition) is 2. The molecule has 0 spiro atoms. The Hall–Kier alpha value is -1.03. The highest BCUT2D eigenvalue weighted by atomic mass is 79.9. The lowest BCUT2D eigenvalue weighted by molar-refractivity contribution is -0.117. The molecule has 0 unspecified atom stereocenters. The molecule has 1 aliphatic heterocycles. The van der Waals surface area contributed by atoms with Crippen LogP contribution in [-0.4, -0.2) is 25.5 Å². The summed E-state index contributed by atoms with van der Waals surface area (Å²) in [6.45, 7) is 0.518. The second-order valence-electron chi connectivity index (χ2n) is 4.44. The minimum absolute atomic E-state index is 0.182. The molecule has 1 aromatic rings. The van der Waals surface area contributed by atoms with Crippen molar-refractivity contribution < 1.29 is 4.79 Å². The van der Waals surface area contributed by atoms with E-state index >= 15 is 0 Å². The third kappa shape index (κ3) is 1.52. The number of benzene rings is 1. The average molecular weight is 281 g/mol. The molecule has 0 saturated heterocycles. The number of rotatable bonds is 1. The maximum atomic E-state index is 11.9. The van der Waals surface area contributed by atoms with Crippen molar-refractivity contribution in [1.29, 1.82) is 0 Å². The van der Waals surface area contributed by atoms with Crippen molar-refractivity contribution in [3.63, 3.8) is 0 Å². The van der Waals surface area contributed by atoms with Gasteiger partial charge in [-0.3, -0.25) is 4.79 Å². The van der Waals surface area contributed by atoms with Gasteiger partial charge in [0.2, 0.25) is 5.91 Å². The summed E-state index contributed by atoms with van der Waals surface area (Å²) < 4.78 is 1.07. The zero-order chi connectivity index (χ0) is 11.3. The lowest BCUT2D eigenvalue weighted by Crippen LogP contribution is -2.44. The summed E-state index contributed by atoms with van der Waals surface area (Å²) in [6, 6.07) is 6.67. The molecule has 2 aliphatic rings. The van der Waals surface area contributed by atoms with E-state index in [-0.39, 0.29) is 5.91 Å². The molecule has 16 heavy (non-hydrogen) atoms. The number of hydrogen-bond donors (Lipinski definition) is 0. The van der Waals surface area contributed by atoms with Gasteiger partial charge >= 0.3 is 0 Å². The van der Waals surface area contributed by atoms with E-state index in [0.717, 1.165) is 10.2 Å². The van der Waals surface area contributed by atoms with Crippen LogP contribution in [0.1, 0.15) is 12.8 Å². The van der Waals surface area contributed by atoms with E-state index in [2.05, 4.69) is 26.9 Å². The van der Waals surface area contributed by atoms with E-state index < -0.39 is 0 Å². The summed E-state index contributed by atoms with van der Waals surface area (Å²) in [7, 11) is 1.85. The van der Waals surface area contributed by atoms with Crippen molar-refractivity contribution in [2.24, 2.45) is 0 Å². The molecule has 1 heterocycles. The number of likely N-dealkylation sites (N-methyl/N-ethyl adjacent to an activating group) is 1. The van der Waals surface area contributed by atoms with Crippen LogP contribution >= 0.6 is 15.9 Å². The molecule has 0 radical (unpaired) electrons. The predicted octanol–water partition coefficient (Wildman–Crippen LogP) is 2.39. The standard InChI is InChI=1S/C12H13BrN2O/c1-14-10-5-2-8(13)6-11(10)15(7-12(14)16)9-3-4-9/h2,5-6,9H,3-4,7H2,1H3. The van der Waals surface area contributed by atoms with Crippen molar-refractivity contribution in [1.82, 2.24) is 0 Å². The normalized spacial score (nSPS) is 20.0. The molecule has 0 aromatic heterocycles. The Bertz CT molecular complexity index is 456. The van der Waals surface area contributed by atoms with Crippen LogP contribution in [0.25, 0.3) is 0 Å². The SMILES string of the molecule is CN1C(=O)CN(C2CC2)c2cc(Br)ccc21. The zero-order valence-electron chi connectivity index (χ0n) is 9.11. The molecule has 1 saturated carbocycles. The molecule has 0 bridgehead atoms. The highest BCUT2D eigenvalue weighted by Crippen LogP contribution is 2.40. The molecule has 0 atom stereocenters. The van der Waals surface area contributed by atoms with Crippen LogP contribution in [0.15, 0.2) is 22.7 Å². The smallest absolute Gasteiger partial charge is 0.246 e. The Morgan fingerprint density at radius 1 is 1.31 bits per heavy atom. The van der Waals surface area contributed by atoms with Gasteiger partial charge in [0, 0.05) is 17.6 Å². The van der Waals surface area contributed by atoms with Crippen LogP contribution in [0.2, 0.25) is 0 Å². The molecular formula is C12H13BrN2O. The molecule has 1 aromatic carbocycles. The van der Waals surface area contributed by atoms with Crippen LogP contribution in [-0.2, 0) is 4.79 Å². The third-order valence-corrected chi connectivity index (χ3v) is 3.77. The number of carbonyl (C=O) groups excluding carboxylic acids is 1.